The Bertz CT molecular complexity index is 934. The van der Waals surface area contributed by atoms with E-state index in [9.17, 15) is 13.2 Å². The Morgan fingerprint density at radius 1 is 1.19 bits per heavy atom. The number of benzene rings is 1. The lowest BCUT2D eigenvalue weighted by atomic mass is 9.97. The molecule has 0 unspecified atom stereocenters. The Morgan fingerprint density at radius 3 is 2.67 bits per heavy atom. The Balaban J connectivity index is 1.57. The second-order valence-corrected chi connectivity index (χ2v) is 9.37. The number of sulfonamides is 1. The molecule has 0 atom stereocenters. The monoisotopic (exact) mass is 406 g/mol. The largest absolute Gasteiger partial charge is 0.296 e. The molecule has 0 radical (unpaired) electrons. The third kappa shape index (κ3) is 5.44. The first-order valence-electron chi connectivity index (χ1n) is 8.83. The highest BCUT2D eigenvalue weighted by atomic mass is 32.2. The summed E-state index contributed by atoms with van der Waals surface area (Å²) in [4.78, 5) is 12.2. The van der Waals surface area contributed by atoms with Gasteiger partial charge in [0, 0.05) is 12.1 Å². The first-order chi connectivity index (χ1) is 12.9. The number of aromatic nitrogens is 2. The highest BCUT2D eigenvalue weighted by molar-refractivity contribution is 7.91. The molecule has 1 aromatic carbocycles. The molecule has 7 nitrogen and oxygen atoms in total. The molecule has 3 rings (SSSR count). The maximum absolute atomic E-state index is 12.3. The number of amides is 1. The van der Waals surface area contributed by atoms with Gasteiger partial charge in [0.1, 0.15) is 0 Å². The fourth-order valence-electron chi connectivity index (χ4n) is 2.78. The minimum absolute atomic E-state index is 0.149. The summed E-state index contributed by atoms with van der Waals surface area (Å²) < 4.78 is 27.1. The van der Waals surface area contributed by atoms with Crippen LogP contribution in [0.15, 0.2) is 40.3 Å². The SMILES string of the molecule is Cc1ccc(C(=O)Nc2nnc(S(=O)(=O)NCCC3=CCCCC3)s2)cc1. The topological polar surface area (TPSA) is 101 Å². The Morgan fingerprint density at radius 2 is 1.96 bits per heavy atom. The lowest BCUT2D eigenvalue weighted by molar-refractivity contribution is 0.102. The van der Waals surface area contributed by atoms with Crippen molar-refractivity contribution in [3.63, 3.8) is 0 Å². The zero-order valence-corrected chi connectivity index (χ0v) is 16.7. The van der Waals surface area contributed by atoms with Crippen LogP contribution in [0, 0.1) is 6.92 Å². The molecule has 0 saturated carbocycles. The second-order valence-electron chi connectivity index (χ2n) is 6.45. The number of nitrogens with one attached hydrogen (secondary N) is 2. The highest BCUT2D eigenvalue weighted by Crippen LogP contribution is 2.22. The van der Waals surface area contributed by atoms with Crippen molar-refractivity contribution in [2.45, 2.75) is 43.4 Å². The maximum Gasteiger partial charge on any atom is 0.269 e. The average Bonchev–Trinajstić information content (AvgIpc) is 3.12. The van der Waals surface area contributed by atoms with Gasteiger partial charge in [0.2, 0.25) is 9.47 Å². The minimum atomic E-state index is -3.73. The van der Waals surface area contributed by atoms with E-state index in [1.807, 2.05) is 19.1 Å². The van der Waals surface area contributed by atoms with Crippen molar-refractivity contribution in [3.05, 3.63) is 47.0 Å². The molecule has 1 aliphatic rings. The summed E-state index contributed by atoms with van der Waals surface area (Å²) in [7, 11) is -3.73. The molecule has 1 aliphatic carbocycles. The fourth-order valence-corrected chi connectivity index (χ4v) is 4.75. The van der Waals surface area contributed by atoms with Crippen LogP contribution >= 0.6 is 11.3 Å². The number of carbonyl (C=O) groups excluding carboxylic acids is 1. The van der Waals surface area contributed by atoms with E-state index >= 15 is 0 Å². The van der Waals surface area contributed by atoms with Gasteiger partial charge in [-0.2, -0.15) is 0 Å². The number of hydrogen-bond donors (Lipinski definition) is 2. The Labute approximate surface area is 163 Å². The van der Waals surface area contributed by atoms with Crippen molar-refractivity contribution in [1.82, 2.24) is 14.9 Å². The van der Waals surface area contributed by atoms with E-state index in [4.69, 9.17) is 0 Å². The van der Waals surface area contributed by atoms with Gasteiger partial charge in [0.15, 0.2) is 0 Å². The van der Waals surface area contributed by atoms with Gasteiger partial charge in [0.25, 0.3) is 15.9 Å². The number of anilines is 1. The first kappa shape index (κ1) is 19.7. The summed E-state index contributed by atoms with van der Waals surface area (Å²) >= 11 is 0.833. The molecule has 2 N–H and O–H groups in total. The lowest BCUT2D eigenvalue weighted by Gasteiger charge is -2.12. The highest BCUT2D eigenvalue weighted by Gasteiger charge is 2.21. The summed E-state index contributed by atoms with van der Waals surface area (Å²) in [5, 5.41) is 10.2. The molecule has 0 fully saturated rings. The quantitative estimate of drug-likeness (QED) is 0.543. The number of nitrogens with zero attached hydrogens (tertiary/aromatic N) is 2. The minimum Gasteiger partial charge on any atom is -0.296 e. The van der Waals surface area contributed by atoms with Crippen LogP contribution in [0.3, 0.4) is 0 Å². The molecule has 144 valence electrons. The third-order valence-corrected chi connectivity index (χ3v) is 6.96. The van der Waals surface area contributed by atoms with E-state index in [1.165, 1.54) is 18.4 Å². The van der Waals surface area contributed by atoms with Gasteiger partial charge in [0.05, 0.1) is 0 Å². The van der Waals surface area contributed by atoms with E-state index < -0.39 is 10.0 Å². The van der Waals surface area contributed by atoms with Crippen LogP contribution in [-0.4, -0.2) is 31.1 Å². The number of rotatable bonds is 7. The van der Waals surface area contributed by atoms with Crippen LogP contribution in [0.1, 0.15) is 48.0 Å². The number of hydrogen-bond acceptors (Lipinski definition) is 6. The van der Waals surface area contributed by atoms with E-state index in [2.05, 4.69) is 26.3 Å². The maximum atomic E-state index is 12.3. The normalized spacial score (nSPS) is 14.6. The van der Waals surface area contributed by atoms with Gasteiger partial charge in [-0.05, 0) is 51.2 Å². The molecule has 2 aromatic rings. The third-order valence-electron chi connectivity index (χ3n) is 4.29. The van der Waals surface area contributed by atoms with Crippen LogP contribution < -0.4 is 10.0 Å². The Hall–Kier alpha value is -2.10. The summed E-state index contributed by atoms with van der Waals surface area (Å²) in [5.41, 5.74) is 2.82. The second kappa shape index (κ2) is 8.73. The molecule has 27 heavy (non-hydrogen) atoms. The fraction of sp³-hybridized carbons (Fsp3) is 0.389. The van der Waals surface area contributed by atoms with Crippen LogP contribution in [0.25, 0.3) is 0 Å². The summed E-state index contributed by atoms with van der Waals surface area (Å²) in [6.45, 7) is 2.26. The number of allylic oxidation sites excluding steroid dienone is 1. The van der Waals surface area contributed by atoms with Crippen molar-refractivity contribution >= 4 is 32.4 Å². The van der Waals surface area contributed by atoms with Gasteiger partial charge >= 0.3 is 0 Å². The van der Waals surface area contributed by atoms with Crippen molar-refractivity contribution in [2.24, 2.45) is 0 Å². The number of carbonyl (C=O) groups is 1. The molecule has 0 bridgehead atoms. The predicted molar refractivity (Wildman–Crippen MR) is 105 cm³/mol. The average molecular weight is 407 g/mol. The standard InChI is InChI=1S/C18H22N4O3S2/c1-13-7-9-15(10-8-13)16(23)20-17-21-22-18(26-17)27(24,25)19-12-11-14-5-3-2-4-6-14/h5,7-10,19H,2-4,6,11-12H2,1H3,(H,20,21,23). The molecule has 9 heteroatoms. The van der Waals surface area contributed by atoms with Crippen molar-refractivity contribution in [2.75, 3.05) is 11.9 Å². The summed E-state index contributed by atoms with van der Waals surface area (Å²) in [6, 6.07) is 7.06. The van der Waals surface area contributed by atoms with Gasteiger partial charge in [-0.15, -0.1) is 10.2 Å². The van der Waals surface area contributed by atoms with E-state index in [0.717, 1.165) is 29.7 Å². The Kier molecular flexibility index (Phi) is 6.35. The van der Waals surface area contributed by atoms with Crippen LogP contribution in [0.4, 0.5) is 5.13 Å². The van der Waals surface area contributed by atoms with E-state index in [1.54, 1.807) is 12.1 Å². The van der Waals surface area contributed by atoms with Gasteiger partial charge in [-0.25, -0.2) is 13.1 Å². The zero-order valence-electron chi connectivity index (χ0n) is 15.1. The number of aryl methyl sites for hydroxylation is 1. The molecule has 0 saturated heterocycles. The van der Waals surface area contributed by atoms with Gasteiger partial charge in [-0.1, -0.05) is 40.7 Å². The summed E-state index contributed by atoms with van der Waals surface area (Å²) in [6.07, 6.45) is 7.38. The smallest absolute Gasteiger partial charge is 0.269 e. The molecule has 0 aliphatic heterocycles. The lowest BCUT2D eigenvalue weighted by Crippen LogP contribution is -2.25. The van der Waals surface area contributed by atoms with Crippen LogP contribution in [0.5, 0.6) is 0 Å². The molecular formula is C18H22N4O3S2. The molecular weight excluding hydrogens is 384 g/mol. The molecule has 0 spiro atoms. The van der Waals surface area contributed by atoms with Crippen molar-refractivity contribution in [3.8, 4) is 0 Å². The van der Waals surface area contributed by atoms with Crippen molar-refractivity contribution < 1.29 is 13.2 Å². The molecule has 1 aromatic heterocycles. The van der Waals surface area contributed by atoms with Crippen LogP contribution in [-0.2, 0) is 10.0 Å². The van der Waals surface area contributed by atoms with Gasteiger partial charge in [-0.3, -0.25) is 10.1 Å². The molecule has 1 heterocycles. The van der Waals surface area contributed by atoms with E-state index in [-0.39, 0.29) is 15.4 Å². The van der Waals surface area contributed by atoms with E-state index in [0.29, 0.717) is 18.5 Å². The zero-order chi connectivity index (χ0) is 19.3. The molecule has 1 amide bonds. The van der Waals surface area contributed by atoms with Crippen LogP contribution in [0.2, 0.25) is 0 Å². The van der Waals surface area contributed by atoms with Crippen molar-refractivity contribution in [1.29, 1.82) is 0 Å². The first-order valence-corrected chi connectivity index (χ1v) is 11.1. The summed E-state index contributed by atoms with van der Waals surface area (Å²) in [5.74, 6) is -0.354. The van der Waals surface area contributed by atoms with Gasteiger partial charge < -0.3 is 0 Å². The predicted octanol–water partition coefficient (Wildman–Crippen LogP) is 3.27.